The molecular formula is C30H40N6O4. The number of ether oxygens (including phenoxy) is 2. The third-order valence-electron chi connectivity index (χ3n) is 5.43. The zero-order chi connectivity index (χ0) is 29.3. The van der Waals surface area contributed by atoms with Crippen LogP contribution in [0.3, 0.4) is 0 Å². The smallest absolute Gasteiger partial charge is 0.416 e. The van der Waals surface area contributed by atoms with Crippen molar-refractivity contribution in [1.82, 2.24) is 15.0 Å². The van der Waals surface area contributed by atoms with E-state index in [1.165, 1.54) is 4.90 Å². The number of nitrogens with zero attached hydrogens (tertiary/aromatic N) is 5. The van der Waals surface area contributed by atoms with E-state index in [1.807, 2.05) is 84.0 Å². The fourth-order valence-corrected chi connectivity index (χ4v) is 3.60. The van der Waals surface area contributed by atoms with Gasteiger partial charge in [-0.15, -0.1) is 0 Å². The largest absolute Gasteiger partial charge is 0.443 e. The third-order valence-corrected chi connectivity index (χ3v) is 5.43. The fraction of sp³-hybridized carbons (Fsp3) is 0.433. The lowest BCUT2D eigenvalue weighted by molar-refractivity contribution is 0.0572. The van der Waals surface area contributed by atoms with Gasteiger partial charge in [-0.3, -0.25) is 14.8 Å². The average Bonchev–Trinajstić information content (AvgIpc) is 2.87. The number of anilines is 3. The second-order valence-corrected chi connectivity index (χ2v) is 11.3. The highest BCUT2D eigenvalue weighted by atomic mass is 16.6. The normalized spacial score (nSPS) is 11.5. The second-order valence-electron chi connectivity index (χ2n) is 11.3. The molecule has 0 aliphatic heterocycles. The van der Waals surface area contributed by atoms with Crippen molar-refractivity contribution in [2.45, 2.75) is 65.6 Å². The van der Waals surface area contributed by atoms with Gasteiger partial charge in [0.15, 0.2) is 0 Å². The van der Waals surface area contributed by atoms with Crippen LogP contribution in [0.15, 0.2) is 60.8 Å². The molecule has 0 saturated carbocycles. The van der Waals surface area contributed by atoms with Crippen LogP contribution in [-0.4, -0.2) is 58.5 Å². The first-order valence-corrected chi connectivity index (χ1v) is 13.3. The summed E-state index contributed by atoms with van der Waals surface area (Å²) in [7, 11) is 1.62. The highest BCUT2D eigenvalue weighted by molar-refractivity contribution is 5.87. The van der Waals surface area contributed by atoms with Crippen LogP contribution in [-0.2, 0) is 22.3 Å². The first kappa shape index (κ1) is 30.3. The monoisotopic (exact) mass is 548 g/mol. The molecule has 0 bridgehead atoms. The number of carbonyl (C=O) groups excluding carboxylic acids is 2. The van der Waals surface area contributed by atoms with E-state index < -0.39 is 23.4 Å². The SMILES string of the molecule is CN(C(=O)OC(C)(C)C)c1cccc(NCCc2cccc(N(CCc3ccccn3)C(=O)OC(C)(C)C)n2)n1. The summed E-state index contributed by atoms with van der Waals surface area (Å²) >= 11 is 0. The Hall–Kier alpha value is -4.21. The highest BCUT2D eigenvalue weighted by Gasteiger charge is 2.25. The Kier molecular flexibility index (Phi) is 10.0. The van der Waals surface area contributed by atoms with Crippen molar-refractivity contribution in [2.24, 2.45) is 0 Å². The predicted molar refractivity (Wildman–Crippen MR) is 157 cm³/mol. The summed E-state index contributed by atoms with van der Waals surface area (Å²) < 4.78 is 11.1. The Morgan fingerprint density at radius 3 is 2.10 bits per heavy atom. The lowest BCUT2D eigenvalue weighted by atomic mass is 10.2. The van der Waals surface area contributed by atoms with Crippen LogP contribution in [0.4, 0.5) is 27.0 Å². The maximum absolute atomic E-state index is 13.1. The van der Waals surface area contributed by atoms with Crippen LogP contribution >= 0.6 is 0 Å². The van der Waals surface area contributed by atoms with Crippen LogP contribution in [0.2, 0.25) is 0 Å². The number of amides is 2. The number of hydrogen-bond acceptors (Lipinski definition) is 8. The first-order valence-electron chi connectivity index (χ1n) is 13.3. The molecule has 3 aromatic heterocycles. The fourth-order valence-electron chi connectivity index (χ4n) is 3.60. The van der Waals surface area contributed by atoms with Crippen molar-refractivity contribution in [3.63, 3.8) is 0 Å². The lowest BCUT2D eigenvalue weighted by Crippen LogP contribution is -2.38. The predicted octanol–water partition coefficient (Wildman–Crippen LogP) is 5.88. The molecule has 0 aliphatic carbocycles. The van der Waals surface area contributed by atoms with Gasteiger partial charge < -0.3 is 14.8 Å². The van der Waals surface area contributed by atoms with Gasteiger partial charge in [-0.1, -0.05) is 18.2 Å². The Balaban J connectivity index is 1.66. The maximum atomic E-state index is 13.1. The molecule has 1 N–H and O–H groups in total. The molecule has 0 spiro atoms. The van der Waals surface area contributed by atoms with Crippen molar-refractivity contribution < 1.29 is 19.1 Å². The molecular weight excluding hydrogens is 508 g/mol. The summed E-state index contributed by atoms with van der Waals surface area (Å²) in [6.45, 7) is 11.9. The van der Waals surface area contributed by atoms with Gasteiger partial charge in [-0.2, -0.15) is 0 Å². The van der Waals surface area contributed by atoms with Crippen molar-refractivity contribution in [1.29, 1.82) is 0 Å². The van der Waals surface area contributed by atoms with E-state index in [9.17, 15) is 9.59 Å². The van der Waals surface area contributed by atoms with E-state index >= 15 is 0 Å². The molecule has 0 atom stereocenters. The Bertz CT molecular complexity index is 1270. The number of carbonyl (C=O) groups is 2. The van der Waals surface area contributed by atoms with Gasteiger partial charge in [0.25, 0.3) is 0 Å². The van der Waals surface area contributed by atoms with Gasteiger partial charge in [0.05, 0.1) is 0 Å². The Morgan fingerprint density at radius 2 is 1.43 bits per heavy atom. The van der Waals surface area contributed by atoms with Crippen molar-refractivity contribution >= 4 is 29.6 Å². The minimum Gasteiger partial charge on any atom is -0.443 e. The van der Waals surface area contributed by atoms with E-state index in [4.69, 9.17) is 14.5 Å². The molecule has 0 fully saturated rings. The van der Waals surface area contributed by atoms with Crippen molar-refractivity contribution in [2.75, 3.05) is 35.3 Å². The Morgan fingerprint density at radius 1 is 0.775 bits per heavy atom. The molecule has 0 aliphatic rings. The molecule has 0 saturated heterocycles. The summed E-state index contributed by atoms with van der Waals surface area (Å²) in [5.74, 6) is 1.61. The van der Waals surface area contributed by atoms with Crippen molar-refractivity contribution in [3.05, 3.63) is 72.2 Å². The zero-order valence-electron chi connectivity index (χ0n) is 24.5. The summed E-state index contributed by atoms with van der Waals surface area (Å²) in [5.41, 5.74) is 0.447. The number of rotatable bonds is 9. The summed E-state index contributed by atoms with van der Waals surface area (Å²) in [6, 6.07) is 16.7. The van der Waals surface area contributed by atoms with E-state index in [0.717, 1.165) is 11.4 Å². The number of pyridine rings is 3. The summed E-state index contributed by atoms with van der Waals surface area (Å²) in [6.07, 6.45) is 1.95. The van der Waals surface area contributed by atoms with Gasteiger partial charge in [-0.05, 0) is 77.9 Å². The van der Waals surface area contributed by atoms with E-state index in [0.29, 0.717) is 43.4 Å². The molecule has 3 rings (SSSR count). The van der Waals surface area contributed by atoms with Gasteiger partial charge in [0, 0.05) is 50.6 Å². The van der Waals surface area contributed by atoms with E-state index in [2.05, 4.69) is 15.3 Å². The number of aromatic nitrogens is 3. The molecule has 2 amide bonds. The van der Waals surface area contributed by atoms with Crippen LogP contribution < -0.4 is 15.1 Å². The zero-order valence-corrected chi connectivity index (χ0v) is 24.5. The summed E-state index contributed by atoms with van der Waals surface area (Å²) in [4.78, 5) is 42.1. The number of nitrogens with one attached hydrogen (secondary N) is 1. The van der Waals surface area contributed by atoms with Crippen LogP contribution in [0.5, 0.6) is 0 Å². The van der Waals surface area contributed by atoms with Crippen LogP contribution in [0, 0.1) is 0 Å². The molecule has 214 valence electrons. The summed E-state index contributed by atoms with van der Waals surface area (Å²) in [5, 5.41) is 3.28. The minimum atomic E-state index is -0.638. The van der Waals surface area contributed by atoms with Crippen LogP contribution in [0.25, 0.3) is 0 Å². The molecule has 10 nitrogen and oxygen atoms in total. The quantitative estimate of drug-likeness (QED) is 0.353. The standard InChI is InChI=1S/C30H40N6O4/c1-29(2,3)39-27(37)35(7)25-15-11-14-24(34-25)32-20-17-23-13-10-16-26(33-23)36(28(38)40-30(4,5)6)21-18-22-12-8-9-19-31-22/h8-16,19H,17-18,20-21H2,1-7H3,(H,32,34). The van der Waals surface area contributed by atoms with E-state index in [-0.39, 0.29) is 0 Å². The molecule has 0 aromatic carbocycles. The molecule has 3 aromatic rings. The molecule has 3 heterocycles. The van der Waals surface area contributed by atoms with Gasteiger partial charge in [-0.25, -0.2) is 19.6 Å². The highest BCUT2D eigenvalue weighted by Crippen LogP contribution is 2.19. The van der Waals surface area contributed by atoms with Crippen molar-refractivity contribution in [3.8, 4) is 0 Å². The lowest BCUT2D eigenvalue weighted by Gasteiger charge is -2.27. The second kappa shape index (κ2) is 13.2. The van der Waals surface area contributed by atoms with E-state index in [1.54, 1.807) is 30.3 Å². The Labute approximate surface area is 236 Å². The first-order chi connectivity index (χ1) is 18.8. The van der Waals surface area contributed by atoms with Crippen LogP contribution in [0.1, 0.15) is 52.9 Å². The minimum absolute atomic E-state index is 0.377. The number of hydrogen-bond donors (Lipinski definition) is 1. The molecule has 0 radical (unpaired) electrons. The van der Waals surface area contributed by atoms with Gasteiger partial charge >= 0.3 is 12.2 Å². The third kappa shape index (κ3) is 9.83. The molecule has 10 heteroatoms. The maximum Gasteiger partial charge on any atom is 0.416 e. The van der Waals surface area contributed by atoms with Gasteiger partial charge in [0.1, 0.15) is 28.7 Å². The average molecular weight is 549 g/mol. The molecule has 40 heavy (non-hydrogen) atoms. The molecule has 0 unspecified atom stereocenters. The topological polar surface area (TPSA) is 110 Å². The van der Waals surface area contributed by atoms with Gasteiger partial charge in [0.2, 0.25) is 0 Å².